The summed E-state index contributed by atoms with van der Waals surface area (Å²) in [7, 11) is 0. The lowest BCUT2D eigenvalue weighted by molar-refractivity contribution is 0.0746. The Kier molecular flexibility index (Phi) is 5.45. The summed E-state index contributed by atoms with van der Waals surface area (Å²) in [6.45, 7) is 6.75. The van der Waals surface area contributed by atoms with E-state index in [2.05, 4.69) is 39.2 Å². The number of carbonyl (C=O) groups is 1. The highest BCUT2D eigenvalue weighted by Gasteiger charge is 2.25. The van der Waals surface area contributed by atoms with Gasteiger partial charge in [0.15, 0.2) is 5.01 Å². The van der Waals surface area contributed by atoms with Crippen molar-refractivity contribution in [1.82, 2.24) is 19.9 Å². The smallest absolute Gasteiger partial charge is 0.282 e. The largest absolute Gasteiger partial charge is 0.353 e. The number of fused-ring (bicyclic) bond motifs is 1. The molecule has 162 valence electrons. The van der Waals surface area contributed by atoms with Gasteiger partial charge in [-0.25, -0.2) is 9.97 Å². The summed E-state index contributed by atoms with van der Waals surface area (Å²) >= 11 is 1.46. The molecule has 0 radical (unpaired) electrons. The average molecular weight is 445 g/mol. The third-order valence-electron chi connectivity index (χ3n) is 5.52. The molecule has 1 saturated heterocycles. The average Bonchev–Trinajstić information content (AvgIpc) is 3.24. The molecule has 2 aromatic heterocycles. The molecule has 32 heavy (non-hydrogen) atoms. The fraction of sp³-hybridized carbons (Fsp3) is 0.250. The summed E-state index contributed by atoms with van der Waals surface area (Å²) in [5.41, 5.74) is 3.94. The second kappa shape index (κ2) is 8.55. The molecule has 1 N–H and O–H groups in total. The van der Waals surface area contributed by atoms with Crippen molar-refractivity contribution in [3.8, 4) is 0 Å². The number of carbonyl (C=O) groups excluding carboxylic acids is 1. The highest BCUT2D eigenvalue weighted by atomic mass is 32.1. The number of aromatic nitrogens is 3. The van der Waals surface area contributed by atoms with Crippen molar-refractivity contribution in [3.05, 3.63) is 70.9 Å². The number of piperazine rings is 1. The van der Waals surface area contributed by atoms with Gasteiger partial charge < -0.3 is 15.1 Å². The lowest BCUT2D eigenvalue weighted by Gasteiger charge is -2.35. The topological polar surface area (TPSA) is 74.2 Å². The summed E-state index contributed by atoms with van der Waals surface area (Å²) in [6, 6.07) is 18.0. The molecule has 3 heterocycles. The number of rotatable bonds is 4. The molecule has 0 unspecified atom stereocenters. The van der Waals surface area contributed by atoms with Crippen LogP contribution < -0.4 is 10.2 Å². The van der Waals surface area contributed by atoms with E-state index >= 15 is 0 Å². The number of hydrogen-bond donors (Lipinski definition) is 1. The molecule has 2 aromatic carbocycles. The van der Waals surface area contributed by atoms with Gasteiger partial charge in [-0.1, -0.05) is 29.8 Å². The van der Waals surface area contributed by atoms with Crippen LogP contribution in [0.2, 0.25) is 0 Å². The zero-order valence-corrected chi connectivity index (χ0v) is 18.9. The van der Waals surface area contributed by atoms with Gasteiger partial charge in [0.2, 0.25) is 5.95 Å². The third kappa shape index (κ3) is 4.27. The summed E-state index contributed by atoms with van der Waals surface area (Å²) in [5, 5.41) is 3.85. The van der Waals surface area contributed by atoms with Crippen LogP contribution in [0, 0.1) is 13.8 Å². The lowest BCUT2D eigenvalue weighted by atomic mass is 10.2. The van der Waals surface area contributed by atoms with Gasteiger partial charge in [-0.3, -0.25) is 4.79 Å². The van der Waals surface area contributed by atoms with Crippen molar-refractivity contribution in [2.75, 3.05) is 36.4 Å². The number of para-hydroxylation sites is 1. The molecule has 1 fully saturated rings. The maximum atomic E-state index is 13.0. The molecule has 0 bridgehead atoms. The Bertz CT molecular complexity index is 1230. The predicted molar refractivity (Wildman–Crippen MR) is 129 cm³/mol. The highest BCUT2D eigenvalue weighted by molar-refractivity contribution is 7.20. The van der Waals surface area contributed by atoms with Crippen LogP contribution in [0.3, 0.4) is 0 Å². The van der Waals surface area contributed by atoms with E-state index in [1.54, 1.807) is 0 Å². The lowest BCUT2D eigenvalue weighted by Crippen LogP contribution is -2.49. The van der Waals surface area contributed by atoms with E-state index in [4.69, 9.17) is 4.98 Å². The number of nitrogens with zero attached hydrogens (tertiary/aromatic N) is 5. The fourth-order valence-corrected chi connectivity index (χ4v) is 4.71. The van der Waals surface area contributed by atoms with Crippen molar-refractivity contribution < 1.29 is 4.79 Å². The molecule has 7 nitrogen and oxygen atoms in total. The van der Waals surface area contributed by atoms with Gasteiger partial charge in [-0.2, -0.15) is 4.98 Å². The molecule has 0 atom stereocenters. The minimum atomic E-state index is 0.00597. The van der Waals surface area contributed by atoms with Gasteiger partial charge in [0.25, 0.3) is 5.91 Å². The Labute approximate surface area is 190 Å². The Hall–Kier alpha value is -3.52. The van der Waals surface area contributed by atoms with Gasteiger partial charge in [0.05, 0.1) is 10.2 Å². The maximum Gasteiger partial charge on any atom is 0.282 e. The number of benzene rings is 2. The highest BCUT2D eigenvalue weighted by Crippen LogP contribution is 2.24. The summed E-state index contributed by atoms with van der Waals surface area (Å²) in [6.07, 6.45) is 0. The van der Waals surface area contributed by atoms with Crippen LogP contribution in [0.5, 0.6) is 0 Å². The van der Waals surface area contributed by atoms with Gasteiger partial charge >= 0.3 is 0 Å². The monoisotopic (exact) mass is 444 g/mol. The molecular weight excluding hydrogens is 420 g/mol. The molecule has 5 rings (SSSR count). The molecular formula is C24H24N6OS. The minimum absolute atomic E-state index is 0.00597. The van der Waals surface area contributed by atoms with Crippen LogP contribution in [0.4, 0.5) is 17.5 Å². The zero-order chi connectivity index (χ0) is 22.1. The first-order chi connectivity index (χ1) is 15.5. The van der Waals surface area contributed by atoms with Gasteiger partial charge in [0.1, 0.15) is 5.82 Å². The van der Waals surface area contributed by atoms with E-state index in [1.807, 2.05) is 54.3 Å². The first-order valence-electron chi connectivity index (χ1n) is 10.6. The van der Waals surface area contributed by atoms with Crippen LogP contribution in [-0.2, 0) is 0 Å². The van der Waals surface area contributed by atoms with Crippen molar-refractivity contribution in [2.45, 2.75) is 13.8 Å². The van der Waals surface area contributed by atoms with E-state index in [-0.39, 0.29) is 5.91 Å². The third-order valence-corrected chi connectivity index (χ3v) is 6.54. The van der Waals surface area contributed by atoms with E-state index in [1.165, 1.54) is 16.9 Å². The van der Waals surface area contributed by atoms with Crippen molar-refractivity contribution in [1.29, 1.82) is 0 Å². The zero-order valence-electron chi connectivity index (χ0n) is 18.1. The first-order valence-corrected chi connectivity index (χ1v) is 11.5. The molecule has 0 saturated carbocycles. The molecule has 0 aliphatic carbocycles. The Balaban J connectivity index is 1.27. The number of nitrogens with one attached hydrogen (secondary N) is 1. The SMILES string of the molecule is Cc1ccc(Nc2nc(C)cc(N3CCN(C(=O)c4nc5ccccc5s4)CC3)n2)cc1. The van der Waals surface area contributed by atoms with Crippen LogP contribution in [0.1, 0.15) is 21.1 Å². The molecule has 1 aliphatic heterocycles. The second-order valence-corrected chi connectivity index (χ2v) is 8.98. The standard InChI is InChI=1S/C24H24N6OS/c1-16-7-9-18(10-8-16)26-24-25-17(2)15-21(28-24)29-11-13-30(14-12-29)23(31)22-27-19-5-3-4-6-20(19)32-22/h3-10,15H,11-14H2,1-2H3,(H,25,26,28). The number of thiazole rings is 1. The van der Waals surface area contributed by atoms with E-state index in [0.29, 0.717) is 24.0 Å². The molecule has 0 spiro atoms. The number of anilines is 3. The Morgan fingerprint density at radius 1 is 0.938 bits per heavy atom. The molecule has 1 aliphatic rings. The van der Waals surface area contributed by atoms with Crippen molar-refractivity contribution in [2.24, 2.45) is 0 Å². The van der Waals surface area contributed by atoms with Gasteiger partial charge in [-0.15, -0.1) is 11.3 Å². The van der Waals surface area contributed by atoms with Crippen LogP contribution in [0.25, 0.3) is 10.2 Å². The molecule has 1 amide bonds. The second-order valence-electron chi connectivity index (χ2n) is 7.95. The van der Waals surface area contributed by atoms with Crippen molar-refractivity contribution >= 4 is 44.9 Å². The summed E-state index contributed by atoms with van der Waals surface area (Å²) in [4.78, 5) is 30.8. The summed E-state index contributed by atoms with van der Waals surface area (Å²) in [5.74, 6) is 1.46. The van der Waals surface area contributed by atoms with E-state index in [9.17, 15) is 4.79 Å². The Morgan fingerprint density at radius 3 is 2.44 bits per heavy atom. The van der Waals surface area contributed by atoms with Gasteiger partial charge in [0, 0.05) is 43.6 Å². The molecule has 8 heteroatoms. The normalized spacial score (nSPS) is 14.1. The molecule has 4 aromatic rings. The van der Waals surface area contributed by atoms with Gasteiger partial charge in [-0.05, 0) is 38.1 Å². The first kappa shape index (κ1) is 20.4. The fourth-order valence-electron chi connectivity index (χ4n) is 3.77. The van der Waals surface area contributed by atoms with Crippen LogP contribution in [-0.4, -0.2) is 51.9 Å². The number of hydrogen-bond acceptors (Lipinski definition) is 7. The summed E-state index contributed by atoms with van der Waals surface area (Å²) < 4.78 is 1.04. The van der Waals surface area contributed by atoms with Crippen molar-refractivity contribution in [3.63, 3.8) is 0 Å². The minimum Gasteiger partial charge on any atom is -0.353 e. The Morgan fingerprint density at radius 2 is 1.69 bits per heavy atom. The predicted octanol–water partition coefficient (Wildman–Crippen LogP) is 4.41. The maximum absolute atomic E-state index is 13.0. The van der Waals surface area contributed by atoms with E-state index < -0.39 is 0 Å². The quantitative estimate of drug-likeness (QED) is 0.503. The van der Waals surface area contributed by atoms with Crippen LogP contribution >= 0.6 is 11.3 Å². The van der Waals surface area contributed by atoms with Crippen LogP contribution in [0.15, 0.2) is 54.6 Å². The number of aryl methyl sites for hydroxylation is 2. The number of amides is 1. The van der Waals surface area contributed by atoms with E-state index in [0.717, 1.165) is 40.5 Å².